The third kappa shape index (κ3) is 6.11. The van der Waals surface area contributed by atoms with Gasteiger partial charge >= 0.3 is 12.1 Å². The van der Waals surface area contributed by atoms with E-state index >= 15 is 0 Å². The monoisotopic (exact) mass is 484 g/mol. The first-order valence-electron chi connectivity index (χ1n) is 11.4. The smallest absolute Gasteiger partial charge is 0.407 e. The summed E-state index contributed by atoms with van der Waals surface area (Å²) in [5.74, 6) is -0.777. The van der Waals surface area contributed by atoms with Crippen molar-refractivity contribution in [3.8, 4) is 11.1 Å². The number of ether oxygens (including phenoxy) is 1. The van der Waals surface area contributed by atoms with Crippen molar-refractivity contribution in [2.75, 3.05) is 25.2 Å². The molecule has 1 atom stereocenters. The lowest BCUT2D eigenvalue weighted by Crippen LogP contribution is -2.47. The Morgan fingerprint density at radius 1 is 1.06 bits per heavy atom. The summed E-state index contributed by atoms with van der Waals surface area (Å²) >= 11 is 1.53. The molecule has 0 saturated carbocycles. The van der Waals surface area contributed by atoms with E-state index in [1.807, 2.05) is 30.5 Å². The van der Waals surface area contributed by atoms with Gasteiger partial charge in [-0.05, 0) is 47.1 Å². The summed E-state index contributed by atoms with van der Waals surface area (Å²) in [5.41, 5.74) is 3.77. The Morgan fingerprint density at radius 2 is 1.65 bits per heavy atom. The van der Waals surface area contributed by atoms with Gasteiger partial charge < -0.3 is 20.5 Å². The fourth-order valence-electron chi connectivity index (χ4n) is 4.09. The number of carboxylic acid groups (broad SMARTS) is 1. The Morgan fingerprint density at radius 3 is 2.21 bits per heavy atom. The number of alkyl carbamates (subject to hydrolysis) is 1. The molecule has 0 spiro atoms. The van der Waals surface area contributed by atoms with Crippen LogP contribution in [-0.2, 0) is 14.3 Å². The Hall–Kier alpha value is -3.00. The number of rotatable bonds is 11. The largest absolute Gasteiger partial charge is 0.480 e. The third-order valence-electron chi connectivity index (χ3n) is 6.19. The maximum Gasteiger partial charge on any atom is 0.407 e. The van der Waals surface area contributed by atoms with E-state index in [0.29, 0.717) is 18.6 Å². The van der Waals surface area contributed by atoms with Crippen LogP contribution in [0.25, 0.3) is 11.1 Å². The Kier molecular flexibility index (Phi) is 8.61. The van der Waals surface area contributed by atoms with Crippen LogP contribution >= 0.6 is 11.8 Å². The minimum Gasteiger partial charge on any atom is -0.480 e. The Bertz CT molecular complexity index is 994. The maximum absolute atomic E-state index is 12.6. The minimum atomic E-state index is -1.05. The molecule has 2 amide bonds. The molecule has 3 rings (SSSR count). The van der Waals surface area contributed by atoms with Crippen LogP contribution < -0.4 is 10.6 Å². The van der Waals surface area contributed by atoms with E-state index in [-0.39, 0.29) is 25.0 Å². The number of carboxylic acids is 1. The van der Waals surface area contributed by atoms with Crippen molar-refractivity contribution < 1.29 is 24.2 Å². The summed E-state index contributed by atoms with van der Waals surface area (Å²) in [6.45, 7) is 3.92. The predicted octanol–water partition coefficient (Wildman–Crippen LogP) is 4.26. The lowest BCUT2D eigenvalue weighted by atomic mass is 9.88. The van der Waals surface area contributed by atoms with Gasteiger partial charge in [-0.25, -0.2) is 9.59 Å². The van der Waals surface area contributed by atoms with E-state index < -0.39 is 23.5 Å². The van der Waals surface area contributed by atoms with E-state index in [1.54, 1.807) is 13.8 Å². The molecule has 3 N–H and O–H groups in total. The lowest BCUT2D eigenvalue weighted by Gasteiger charge is -2.26. The van der Waals surface area contributed by atoms with Gasteiger partial charge in [0.25, 0.3) is 0 Å². The molecule has 1 unspecified atom stereocenters. The number of carbonyl (C=O) groups is 3. The van der Waals surface area contributed by atoms with Gasteiger partial charge in [0, 0.05) is 17.9 Å². The molecule has 2 aromatic carbocycles. The van der Waals surface area contributed by atoms with Crippen molar-refractivity contribution >= 4 is 29.7 Å². The number of amides is 2. The standard InChI is InChI=1S/C26H32N2O5S/c1-26(2,24(31)28-22(23(29)30)12-15-34-3)13-14-27-25(32)33-16-21-19-10-6-4-8-17(19)18-9-5-7-11-20(18)21/h4-11,21-22H,12-16H2,1-3H3,(H,27,32)(H,28,31)(H,29,30). The molecule has 0 saturated heterocycles. The van der Waals surface area contributed by atoms with Gasteiger partial charge in [0.05, 0.1) is 0 Å². The van der Waals surface area contributed by atoms with Crippen molar-refractivity contribution in [2.45, 2.75) is 38.6 Å². The van der Waals surface area contributed by atoms with Gasteiger partial charge in [-0.15, -0.1) is 0 Å². The van der Waals surface area contributed by atoms with Crippen LogP contribution in [0.1, 0.15) is 43.7 Å². The average Bonchev–Trinajstić information content (AvgIpc) is 3.13. The van der Waals surface area contributed by atoms with Crippen LogP contribution in [-0.4, -0.2) is 54.3 Å². The first kappa shape index (κ1) is 25.6. The highest BCUT2D eigenvalue weighted by molar-refractivity contribution is 7.98. The number of carbonyl (C=O) groups excluding carboxylic acids is 2. The van der Waals surface area contributed by atoms with Crippen molar-refractivity contribution in [3.63, 3.8) is 0 Å². The maximum atomic E-state index is 12.6. The molecule has 0 radical (unpaired) electrons. The third-order valence-corrected chi connectivity index (χ3v) is 6.84. The summed E-state index contributed by atoms with van der Waals surface area (Å²) in [6.07, 6.45) is 2.05. The number of aliphatic carboxylic acids is 1. The fraction of sp³-hybridized carbons (Fsp3) is 0.423. The molecule has 7 nitrogen and oxygen atoms in total. The van der Waals surface area contributed by atoms with E-state index in [0.717, 1.165) is 22.3 Å². The van der Waals surface area contributed by atoms with Gasteiger partial charge in [0.2, 0.25) is 5.91 Å². The van der Waals surface area contributed by atoms with Gasteiger partial charge in [0.15, 0.2) is 0 Å². The molecule has 182 valence electrons. The molecule has 0 aromatic heterocycles. The number of hydrogen-bond donors (Lipinski definition) is 3. The lowest BCUT2D eigenvalue weighted by molar-refractivity contribution is -0.143. The molecule has 1 aliphatic rings. The van der Waals surface area contributed by atoms with Crippen LogP contribution in [0.2, 0.25) is 0 Å². The number of thioether (sulfide) groups is 1. The molecule has 0 bridgehead atoms. The number of fused-ring (bicyclic) bond motifs is 3. The molecule has 0 heterocycles. The summed E-state index contributed by atoms with van der Waals surface area (Å²) < 4.78 is 5.52. The highest BCUT2D eigenvalue weighted by atomic mass is 32.2. The van der Waals surface area contributed by atoms with Gasteiger partial charge in [-0.2, -0.15) is 11.8 Å². The Balaban J connectivity index is 1.49. The van der Waals surface area contributed by atoms with Crippen LogP contribution in [0.3, 0.4) is 0 Å². The van der Waals surface area contributed by atoms with Crippen LogP contribution in [0.5, 0.6) is 0 Å². The van der Waals surface area contributed by atoms with Gasteiger partial charge in [-0.3, -0.25) is 4.79 Å². The van der Waals surface area contributed by atoms with Crippen LogP contribution in [0.15, 0.2) is 48.5 Å². The highest BCUT2D eigenvalue weighted by Crippen LogP contribution is 2.44. The summed E-state index contributed by atoms with van der Waals surface area (Å²) in [7, 11) is 0. The summed E-state index contributed by atoms with van der Waals surface area (Å²) in [6, 6.07) is 15.3. The van der Waals surface area contributed by atoms with Gasteiger partial charge in [0.1, 0.15) is 12.6 Å². The van der Waals surface area contributed by atoms with Crippen molar-refractivity contribution in [3.05, 3.63) is 59.7 Å². The zero-order valence-corrected chi connectivity index (χ0v) is 20.6. The molecule has 0 fully saturated rings. The summed E-state index contributed by atoms with van der Waals surface area (Å²) in [5, 5.41) is 14.7. The van der Waals surface area contributed by atoms with E-state index in [2.05, 4.69) is 34.9 Å². The fourth-order valence-corrected chi connectivity index (χ4v) is 4.56. The molecule has 34 heavy (non-hydrogen) atoms. The first-order valence-corrected chi connectivity index (χ1v) is 12.8. The second-order valence-corrected chi connectivity index (χ2v) is 10.0. The van der Waals surface area contributed by atoms with E-state index in [9.17, 15) is 19.5 Å². The number of nitrogens with one attached hydrogen (secondary N) is 2. The van der Waals surface area contributed by atoms with Crippen LogP contribution in [0.4, 0.5) is 4.79 Å². The van der Waals surface area contributed by atoms with Crippen molar-refractivity contribution in [1.82, 2.24) is 10.6 Å². The molecule has 2 aromatic rings. The molecular formula is C26H32N2O5S. The predicted molar refractivity (Wildman–Crippen MR) is 134 cm³/mol. The topological polar surface area (TPSA) is 105 Å². The van der Waals surface area contributed by atoms with E-state index in [4.69, 9.17) is 4.74 Å². The van der Waals surface area contributed by atoms with Crippen molar-refractivity contribution in [1.29, 1.82) is 0 Å². The molecule has 1 aliphatic carbocycles. The number of hydrogen-bond acceptors (Lipinski definition) is 5. The molecular weight excluding hydrogens is 452 g/mol. The number of benzene rings is 2. The average molecular weight is 485 g/mol. The SMILES string of the molecule is CSCCC(NC(=O)C(C)(C)CCNC(=O)OCC1c2ccccc2-c2ccccc21)C(=O)O. The highest BCUT2D eigenvalue weighted by Gasteiger charge is 2.32. The second kappa shape index (κ2) is 11.4. The quantitative estimate of drug-likeness (QED) is 0.440. The zero-order chi connectivity index (χ0) is 24.7. The second-order valence-electron chi connectivity index (χ2n) is 9.03. The van der Waals surface area contributed by atoms with Gasteiger partial charge in [-0.1, -0.05) is 62.4 Å². The first-order chi connectivity index (χ1) is 16.2. The minimum absolute atomic E-state index is 0.0189. The Labute approximate surface area is 204 Å². The molecule has 0 aliphatic heterocycles. The summed E-state index contributed by atoms with van der Waals surface area (Å²) in [4.78, 5) is 36.4. The zero-order valence-electron chi connectivity index (χ0n) is 19.8. The molecule has 8 heteroatoms. The van der Waals surface area contributed by atoms with E-state index in [1.165, 1.54) is 11.8 Å². The normalized spacial score (nSPS) is 13.5. The van der Waals surface area contributed by atoms with Crippen LogP contribution in [0, 0.1) is 5.41 Å². The van der Waals surface area contributed by atoms with Crippen molar-refractivity contribution in [2.24, 2.45) is 5.41 Å².